The molecule has 1 aliphatic rings. The summed E-state index contributed by atoms with van der Waals surface area (Å²) in [6.07, 6.45) is 4.45. The molecule has 1 aliphatic heterocycles. The van der Waals surface area contributed by atoms with Gasteiger partial charge in [0.25, 0.3) is 0 Å². The fourth-order valence-electron chi connectivity index (χ4n) is 2.38. The van der Waals surface area contributed by atoms with Crippen LogP contribution in [0.4, 0.5) is 0 Å². The van der Waals surface area contributed by atoms with Crippen LogP contribution in [0.25, 0.3) is 0 Å². The van der Waals surface area contributed by atoms with E-state index in [1.54, 1.807) is 14.0 Å². The van der Waals surface area contributed by atoms with Gasteiger partial charge in [0.15, 0.2) is 0 Å². The highest BCUT2D eigenvalue weighted by molar-refractivity contribution is 5.78. The van der Waals surface area contributed by atoms with Crippen LogP contribution in [0.15, 0.2) is 0 Å². The maximum atomic E-state index is 11.2. The van der Waals surface area contributed by atoms with Gasteiger partial charge in [-0.05, 0) is 53.2 Å². The van der Waals surface area contributed by atoms with Crippen molar-refractivity contribution in [2.45, 2.75) is 51.1 Å². The second kappa shape index (κ2) is 5.64. The second-order valence-corrected chi connectivity index (χ2v) is 5.04. The summed E-state index contributed by atoms with van der Waals surface area (Å²) in [6, 6.07) is 0.328. The number of likely N-dealkylation sites (tertiary alicyclic amines) is 1. The van der Waals surface area contributed by atoms with Crippen molar-refractivity contribution in [1.82, 2.24) is 10.2 Å². The molecule has 2 unspecified atom stereocenters. The third-order valence-corrected chi connectivity index (χ3v) is 3.74. The Balaban J connectivity index is 2.53. The number of carboxylic acids is 1. The topological polar surface area (TPSA) is 52.6 Å². The summed E-state index contributed by atoms with van der Waals surface area (Å²) in [4.78, 5) is 13.6. The number of carbonyl (C=O) groups is 1. The van der Waals surface area contributed by atoms with E-state index in [-0.39, 0.29) is 0 Å². The van der Waals surface area contributed by atoms with E-state index in [1.165, 1.54) is 19.3 Å². The van der Waals surface area contributed by atoms with Gasteiger partial charge >= 0.3 is 5.97 Å². The number of carboxylic acid groups (broad SMARTS) is 1. The van der Waals surface area contributed by atoms with Crippen molar-refractivity contribution in [2.24, 2.45) is 0 Å². The van der Waals surface area contributed by atoms with Crippen LogP contribution in [0.3, 0.4) is 0 Å². The van der Waals surface area contributed by atoms with Gasteiger partial charge in [0.05, 0.1) is 0 Å². The van der Waals surface area contributed by atoms with Gasteiger partial charge in [0.1, 0.15) is 5.54 Å². The first-order valence-corrected chi connectivity index (χ1v) is 6.16. The Bertz CT molecular complexity index is 239. The number of nitrogens with one attached hydrogen (secondary N) is 1. The Morgan fingerprint density at radius 3 is 2.44 bits per heavy atom. The van der Waals surface area contributed by atoms with Gasteiger partial charge in [0, 0.05) is 6.04 Å². The van der Waals surface area contributed by atoms with Crippen LogP contribution >= 0.6 is 0 Å². The highest BCUT2D eigenvalue weighted by Crippen LogP contribution is 2.19. The molecule has 2 N–H and O–H groups in total. The highest BCUT2D eigenvalue weighted by atomic mass is 16.4. The normalized spacial score (nSPS) is 23.7. The van der Waals surface area contributed by atoms with E-state index in [9.17, 15) is 9.90 Å². The highest BCUT2D eigenvalue weighted by Gasteiger charge is 2.34. The van der Waals surface area contributed by atoms with Crippen molar-refractivity contribution in [3.63, 3.8) is 0 Å². The largest absolute Gasteiger partial charge is 0.480 e. The summed E-state index contributed by atoms with van der Waals surface area (Å²) in [5.74, 6) is -0.765. The number of hydrogen-bond donors (Lipinski definition) is 2. The van der Waals surface area contributed by atoms with Crippen LogP contribution in [-0.4, -0.2) is 47.7 Å². The smallest absolute Gasteiger partial charge is 0.323 e. The fourth-order valence-corrected chi connectivity index (χ4v) is 2.38. The average molecular weight is 228 g/mol. The quantitative estimate of drug-likeness (QED) is 0.745. The average Bonchev–Trinajstić information content (AvgIpc) is 2.29. The standard InChI is InChI=1S/C12H24N2O2/c1-10(14-7-5-4-6-8-14)9-12(2,13-3)11(15)16/h10,13H,4-9H2,1-3H3,(H,15,16). The third-order valence-electron chi connectivity index (χ3n) is 3.74. The van der Waals surface area contributed by atoms with Crippen LogP contribution in [0.2, 0.25) is 0 Å². The number of likely N-dealkylation sites (N-methyl/N-ethyl adjacent to an activating group) is 1. The molecule has 0 spiro atoms. The molecule has 4 nitrogen and oxygen atoms in total. The first-order valence-electron chi connectivity index (χ1n) is 6.16. The van der Waals surface area contributed by atoms with Crippen molar-refractivity contribution in [3.8, 4) is 0 Å². The molecule has 16 heavy (non-hydrogen) atoms. The molecule has 1 fully saturated rings. The molecule has 1 rings (SSSR count). The summed E-state index contributed by atoms with van der Waals surface area (Å²) in [6.45, 7) is 6.11. The maximum Gasteiger partial charge on any atom is 0.323 e. The zero-order valence-electron chi connectivity index (χ0n) is 10.6. The molecule has 0 amide bonds. The zero-order valence-corrected chi connectivity index (χ0v) is 10.6. The lowest BCUT2D eigenvalue weighted by Crippen LogP contribution is -2.52. The van der Waals surface area contributed by atoms with E-state index >= 15 is 0 Å². The predicted molar refractivity (Wildman–Crippen MR) is 64.6 cm³/mol. The summed E-state index contributed by atoms with van der Waals surface area (Å²) >= 11 is 0. The molecule has 94 valence electrons. The monoisotopic (exact) mass is 228 g/mol. The van der Waals surface area contributed by atoms with Crippen LogP contribution in [-0.2, 0) is 4.79 Å². The summed E-state index contributed by atoms with van der Waals surface area (Å²) < 4.78 is 0. The van der Waals surface area contributed by atoms with Gasteiger partial charge in [0.2, 0.25) is 0 Å². The van der Waals surface area contributed by atoms with Crippen LogP contribution in [0, 0.1) is 0 Å². The van der Waals surface area contributed by atoms with Gasteiger partial charge in [-0.1, -0.05) is 6.42 Å². The van der Waals surface area contributed by atoms with E-state index in [2.05, 4.69) is 17.1 Å². The first-order chi connectivity index (χ1) is 7.49. The number of rotatable bonds is 5. The molecule has 0 aromatic rings. The molecule has 2 atom stereocenters. The van der Waals surface area contributed by atoms with E-state index in [1.807, 2.05) is 0 Å². The van der Waals surface area contributed by atoms with Crippen molar-refractivity contribution in [1.29, 1.82) is 0 Å². The van der Waals surface area contributed by atoms with Crippen LogP contribution in [0.1, 0.15) is 39.5 Å². The lowest BCUT2D eigenvalue weighted by atomic mass is 9.92. The van der Waals surface area contributed by atoms with E-state index < -0.39 is 11.5 Å². The van der Waals surface area contributed by atoms with Crippen molar-refractivity contribution in [3.05, 3.63) is 0 Å². The SMILES string of the molecule is CNC(C)(CC(C)N1CCCCC1)C(=O)O. The van der Waals surface area contributed by atoms with E-state index in [0.29, 0.717) is 12.5 Å². The molecule has 0 aromatic heterocycles. The number of hydrogen-bond acceptors (Lipinski definition) is 3. The Morgan fingerprint density at radius 1 is 1.44 bits per heavy atom. The molecule has 4 heteroatoms. The Hall–Kier alpha value is -0.610. The molecule has 1 heterocycles. The minimum absolute atomic E-state index is 0.328. The van der Waals surface area contributed by atoms with E-state index in [0.717, 1.165) is 13.1 Å². The molecule has 0 aliphatic carbocycles. The predicted octanol–water partition coefficient (Wildman–Crippen LogP) is 1.31. The molecule has 0 radical (unpaired) electrons. The summed E-state index contributed by atoms with van der Waals surface area (Å²) in [7, 11) is 1.72. The van der Waals surface area contributed by atoms with Gasteiger partial charge in [-0.15, -0.1) is 0 Å². The van der Waals surface area contributed by atoms with E-state index in [4.69, 9.17) is 0 Å². The van der Waals surface area contributed by atoms with Gasteiger partial charge in [-0.2, -0.15) is 0 Å². The Morgan fingerprint density at radius 2 is 2.00 bits per heavy atom. The number of aliphatic carboxylic acids is 1. The molecular weight excluding hydrogens is 204 g/mol. The summed E-state index contributed by atoms with van der Waals surface area (Å²) in [5, 5.41) is 12.1. The molecule has 1 saturated heterocycles. The lowest BCUT2D eigenvalue weighted by Gasteiger charge is -2.36. The fraction of sp³-hybridized carbons (Fsp3) is 0.917. The van der Waals surface area contributed by atoms with Gasteiger partial charge in [-0.25, -0.2) is 0 Å². The first kappa shape index (κ1) is 13.5. The molecular formula is C12H24N2O2. The van der Waals surface area contributed by atoms with Crippen LogP contribution < -0.4 is 5.32 Å². The van der Waals surface area contributed by atoms with Gasteiger partial charge < -0.3 is 15.3 Å². The minimum atomic E-state index is -0.809. The Labute approximate surface area is 98.0 Å². The molecule has 0 aromatic carbocycles. The summed E-state index contributed by atoms with van der Waals surface area (Å²) in [5.41, 5.74) is -0.809. The molecule has 0 bridgehead atoms. The zero-order chi connectivity index (χ0) is 12.2. The third kappa shape index (κ3) is 3.19. The minimum Gasteiger partial charge on any atom is -0.480 e. The number of piperidine rings is 1. The lowest BCUT2D eigenvalue weighted by molar-refractivity contribution is -0.144. The van der Waals surface area contributed by atoms with Crippen LogP contribution in [0.5, 0.6) is 0 Å². The Kier molecular flexibility index (Phi) is 4.74. The maximum absolute atomic E-state index is 11.2. The van der Waals surface area contributed by atoms with Crippen molar-refractivity contribution < 1.29 is 9.90 Å². The molecule has 0 saturated carbocycles. The number of nitrogens with zero attached hydrogens (tertiary/aromatic N) is 1. The van der Waals surface area contributed by atoms with Crippen molar-refractivity contribution >= 4 is 5.97 Å². The second-order valence-electron chi connectivity index (χ2n) is 5.04. The van der Waals surface area contributed by atoms with Gasteiger partial charge in [-0.3, -0.25) is 4.79 Å². The van der Waals surface area contributed by atoms with Crippen molar-refractivity contribution in [2.75, 3.05) is 20.1 Å².